The molecule has 1 saturated heterocycles. The normalized spacial score (nSPS) is 20.1. The summed E-state index contributed by atoms with van der Waals surface area (Å²) < 4.78 is 0. The van der Waals surface area contributed by atoms with Gasteiger partial charge in [-0.2, -0.15) is 0 Å². The van der Waals surface area contributed by atoms with Crippen LogP contribution >= 0.6 is 0 Å². The molecule has 1 aromatic rings. The Hall–Kier alpha value is -0.860. The molecule has 1 heterocycles. The van der Waals surface area contributed by atoms with Gasteiger partial charge >= 0.3 is 0 Å². The Kier molecular flexibility index (Phi) is 7.10. The van der Waals surface area contributed by atoms with Gasteiger partial charge in [0.25, 0.3) is 0 Å². The molecule has 0 aliphatic carbocycles. The van der Waals surface area contributed by atoms with Gasteiger partial charge in [-0.25, -0.2) is 0 Å². The number of unbranched alkanes of at least 4 members (excludes halogenated alkanes) is 1. The van der Waals surface area contributed by atoms with Crippen molar-refractivity contribution in [2.24, 2.45) is 0 Å². The van der Waals surface area contributed by atoms with Gasteiger partial charge in [-0.05, 0) is 50.6 Å². The molecular formula is C18H29NO. The number of aliphatic hydroxyl groups excluding tert-OH is 1. The Morgan fingerprint density at radius 2 is 1.90 bits per heavy atom. The summed E-state index contributed by atoms with van der Waals surface area (Å²) in [6.45, 7) is 2.65. The lowest BCUT2D eigenvalue weighted by Gasteiger charge is -2.35. The maximum Gasteiger partial charge on any atom is 0.0443 e. The molecule has 0 aromatic heterocycles. The molecule has 1 atom stereocenters. The van der Waals surface area contributed by atoms with Gasteiger partial charge in [-0.3, -0.25) is 0 Å². The van der Waals surface area contributed by atoms with E-state index in [9.17, 15) is 0 Å². The highest BCUT2D eigenvalue weighted by atomic mass is 16.3. The SMILES string of the molecule is OCCCN1CCCCC1CCCCc1ccccc1. The van der Waals surface area contributed by atoms with E-state index in [4.69, 9.17) is 5.11 Å². The number of aliphatic hydroxyl groups is 1. The van der Waals surface area contributed by atoms with Crippen LogP contribution in [-0.4, -0.2) is 35.7 Å². The van der Waals surface area contributed by atoms with Crippen molar-refractivity contribution >= 4 is 0 Å². The van der Waals surface area contributed by atoms with Gasteiger partial charge in [0.1, 0.15) is 0 Å². The average Bonchev–Trinajstić information content (AvgIpc) is 2.51. The molecule has 1 unspecified atom stereocenters. The van der Waals surface area contributed by atoms with E-state index in [1.54, 1.807) is 0 Å². The van der Waals surface area contributed by atoms with Gasteiger partial charge in [0, 0.05) is 19.2 Å². The lowest BCUT2D eigenvalue weighted by atomic mass is 9.96. The fourth-order valence-corrected chi connectivity index (χ4v) is 3.31. The van der Waals surface area contributed by atoms with E-state index < -0.39 is 0 Å². The Morgan fingerprint density at radius 1 is 1.05 bits per heavy atom. The average molecular weight is 275 g/mol. The van der Waals surface area contributed by atoms with Crippen molar-refractivity contribution in [2.45, 2.75) is 57.4 Å². The number of aryl methyl sites for hydroxylation is 1. The second-order valence-electron chi connectivity index (χ2n) is 5.99. The monoisotopic (exact) mass is 275 g/mol. The molecule has 2 rings (SSSR count). The van der Waals surface area contributed by atoms with Crippen LogP contribution in [0.4, 0.5) is 0 Å². The van der Waals surface area contributed by atoms with E-state index in [1.807, 2.05) is 0 Å². The zero-order chi connectivity index (χ0) is 14.0. The molecule has 0 spiro atoms. The molecule has 0 amide bonds. The number of piperidine rings is 1. The van der Waals surface area contributed by atoms with E-state index in [1.165, 1.54) is 57.1 Å². The van der Waals surface area contributed by atoms with Crippen molar-refractivity contribution in [3.8, 4) is 0 Å². The highest BCUT2D eigenvalue weighted by Crippen LogP contribution is 2.22. The molecule has 1 fully saturated rings. The summed E-state index contributed by atoms with van der Waals surface area (Å²) in [5.74, 6) is 0. The fourth-order valence-electron chi connectivity index (χ4n) is 3.31. The van der Waals surface area contributed by atoms with Gasteiger partial charge in [0.15, 0.2) is 0 Å². The van der Waals surface area contributed by atoms with Crippen molar-refractivity contribution in [3.63, 3.8) is 0 Å². The van der Waals surface area contributed by atoms with Gasteiger partial charge in [0.2, 0.25) is 0 Å². The van der Waals surface area contributed by atoms with E-state index >= 15 is 0 Å². The number of nitrogens with zero attached hydrogens (tertiary/aromatic N) is 1. The van der Waals surface area contributed by atoms with E-state index in [-0.39, 0.29) is 0 Å². The van der Waals surface area contributed by atoms with Crippen LogP contribution in [0, 0.1) is 0 Å². The summed E-state index contributed by atoms with van der Waals surface area (Å²) in [5, 5.41) is 9.00. The minimum atomic E-state index is 0.331. The Bertz CT molecular complexity index is 352. The first kappa shape index (κ1) is 15.5. The van der Waals surface area contributed by atoms with Crippen molar-refractivity contribution in [1.82, 2.24) is 4.90 Å². The highest BCUT2D eigenvalue weighted by molar-refractivity contribution is 5.14. The minimum Gasteiger partial charge on any atom is -0.396 e. The summed E-state index contributed by atoms with van der Waals surface area (Å²) in [6, 6.07) is 11.6. The third kappa shape index (κ3) is 5.26. The van der Waals surface area contributed by atoms with Gasteiger partial charge in [-0.1, -0.05) is 43.2 Å². The molecule has 112 valence electrons. The summed E-state index contributed by atoms with van der Waals surface area (Å²) >= 11 is 0. The van der Waals surface area contributed by atoms with Crippen molar-refractivity contribution in [1.29, 1.82) is 0 Å². The molecule has 1 aliphatic heterocycles. The second-order valence-corrected chi connectivity index (χ2v) is 5.99. The molecule has 2 nitrogen and oxygen atoms in total. The molecule has 1 aliphatic rings. The first-order valence-corrected chi connectivity index (χ1v) is 8.29. The summed E-state index contributed by atoms with van der Waals surface area (Å²) in [4.78, 5) is 2.61. The standard InChI is InChI=1S/C18H29NO/c20-16-8-15-19-14-7-6-13-18(19)12-5-4-11-17-9-2-1-3-10-17/h1-3,9-10,18,20H,4-8,11-16H2. The van der Waals surface area contributed by atoms with Gasteiger partial charge in [-0.15, -0.1) is 0 Å². The quantitative estimate of drug-likeness (QED) is 0.732. The van der Waals surface area contributed by atoms with Crippen LogP contribution in [0.5, 0.6) is 0 Å². The van der Waals surface area contributed by atoms with Crippen molar-refractivity contribution in [3.05, 3.63) is 35.9 Å². The molecule has 0 radical (unpaired) electrons. The Labute approximate surface area is 123 Å². The van der Waals surface area contributed by atoms with Crippen molar-refractivity contribution in [2.75, 3.05) is 19.7 Å². The van der Waals surface area contributed by atoms with E-state index in [0.29, 0.717) is 6.61 Å². The van der Waals surface area contributed by atoms with Crippen LogP contribution in [0.15, 0.2) is 30.3 Å². The molecule has 0 bridgehead atoms. The topological polar surface area (TPSA) is 23.5 Å². The van der Waals surface area contributed by atoms with Gasteiger partial charge < -0.3 is 10.0 Å². The number of likely N-dealkylation sites (tertiary alicyclic amines) is 1. The summed E-state index contributed by atoms with van der Waals surface area (Å²) in [5.41, 5.74) is 1.47. The first-order chi connectivity index (χ1) is 9.90. The van der Waals surface area contributed by atoms with E-state index in [0.717, 1.165) is 19.0 Å². The third-order valence-corrected chi connectivity index (χ3v) is 4.45. The number of hydrogen-bond donors (Lipinski definition) is 1. The molecule has 20 heavy (non-hydrogen) atoms. The van der Waals surface area contributed by atoms with E-state index in [2.05, 4.69) is 35.2 Å². The van der Waals surface area contributed by atoms with Crippen LogP contribution in [0.25, 0.3) is 0 Å². The van der Waals surface area contributed by atoms with Crippen LogP contribution < -0.4 is 0 Å². The fraction of sp³-hybridized carbons (Fsp3) is 0.667. The predicted molar refractivity (Wildman–Crippen MR) is 84.9 cm³/mol. The molecule has 1 aromatic carbocycles. The highest BCUT2D eigenvalue weighted by Gasteiger charge is 2.20. The molecular weight excluding hydrogens is 246 g/mol. The maximum atomic E-state index is 9.00. The second kappa shape index (κ2) is 9.15. The Morgan fingerprint density at radius 3 is 2.70 bits per heavy atom. The summed E-state index contributed by atoms with van der Waals surface area (Å²) in [7, 11) is 0. The van der Waals surface area contributed by atoms with Crippen LogP contribution in [0.1, 0.15) is 50.5 Å². The number of hydrogen-bond acceptors (Lipinski definition) is 2. The van der Waals surface area contributed by atoms with Crippen molar-refractivity contribution < 1.29 is 5.11 Å². The zero-order valence-electron chi connectivity index (χ0n) is 12.6. The predicted octanol–water partition coefficient (Wildman–Crippen LogP) is 3.64. The number of benzene rings is 1. The van der Waals surface area contributed by atoms with Gasteiger partial charge in [0.05, 0.1) is 0 Å². The molecule has 1 N–H and O–H groups in total. The largest absolute Gasteiger partial charge is 0.396 e. The zero-order valence-corrected chi connectivity index (χ0v) is 12.6. The lowest BCUT2D eigenvalue weighted by Crippen LogP contribution is -2.40. The number of rotatable bonds is 8. The molecule has 2 heteroatoms. The maximum absolute atomic E-state index is 9.00. The lowest BCUT2D eigenvalue weighted by molar-refractivity contribution is 0.126. The summed E-state index contributed by atoms with van der Waals surface area (Å²) in [6.07, 6.45) is 10.2. The van der Waals surface area contributed by atoms with Crippen LogP contribution in [0.2, 0.25) is 0 Å². The third-order valence-electron chi connectivity index (χ3n) is 4.45. The first-order valence-electron chi connectivity index (χ1n) is 8.29. The minimum absolute atomic E-state index is 0.331. The van der Waals surface area contributed by atoms with Crippen LogP contribution in [0.3, 0.4) is 0 Å². The Balaban J connectivity index is 1.66. The smallest absolute Gasteiger partial charge is 0.0443 e. The van der Waals surface area contributed by atoms with Crippen LogP contribution in [-0.2, 0) is 6.42 Å². The molecule has 0 saturated carbocycles.